The molecule has 1 aliphatic heterocycles. The summed E-state index contributed by atoms with van der Waals surface area (Å²) in [7, 11) is 0. The minimum Gasteiger partial charge on any atom is -0.465 e. The summed E-state index contributed by atoms with van der Waals surface area (Å²) in [6, 6.07) is 0.0394. The molecule has 1 atom stereocenters. The van der Waals surface area contributed by atoms with Crippen molar-refractivity contribution in [3.8, 4) is 0 Å². The van der Waals surface area contributed by atoms with Crippen molar-refractivity contribution in [3.63, 3.8) is 0 Å². The van der Waals surface area contributed by atoms with Crippen LogP contribution in [0.4, 0.5) is 4.79 Å². The molecule has 0 spiro atoms. The highest BCUT2D eigenvalue weighted by Gasteiger charge is 2.23. The molecule has 0 saturated carbocycles. The summed E-state index contributed by atoms with van der Waals surface area (Å²) >= 11 is 0. The van der Waals surface area contributed by atoms with Gasteiger partial charge in [-0.15, -0.1) is 6.58 Å². The number of rotatable bonds is 2. The molecule has 0 aromatic carbocycles. The first-order valence-corrected chi connectivity index (χ1v) is 4.44. The van der Waals surface area contributed by atoms with Crippen LogP contribution in [0.3, 0.4) is 0 Å². The molecule has 1 saturated heterocycles. The Balaban J connectivity index is 2.60. The van der Waals surface area contributed by atoms with E-state index in [4.69, 9.17) is 9.84 Å². The van der Waals surface area contributed by atoms with Crippen LogP contribution in [-0.2, 0) is 4.74 Å². The summed E-state index contributed by atoms with van der Waals surface area (Å²) in [6.07, 6.45) is 2.36. The van der Waals surface area contributed by atoms with Crippen molar-refractivity contribution in [1.29, 1.82) is 0 Å². The Morgan fingerprint density at radius 1 is 1.69 bits per heavy atom. The van der Waals surface area contributed by atoms with Crippen molar-refractivity contribution in [2.45, 2.75) is 18.9 Å². The van der Waals surface area contributed by atoms with Gasteiger partial charge in [0.15, 0.2) is 0 Å². The van der Waals surface area contributed by atoms with Gasteiger partial charge in [0.05, 0.1) is 6.61 Å². The van der Waals surface area contributed by atoms with Crippen molar-refractivity contribution < 1.29 is 14.6 Å². The molecule has 4 nitrogen and oxygen atoms in total. The second-order valence-corrected chi connectivity index (χ2v) is 3.06. The Hall–Kier alpha value is -1.03. The highest BCUT2D eigenvalue weighted by Crippen LogP contribution is 2.13. The average Bonchev–Trinajstić information content (AvgIpc) is 2.30. The zero-order valence-corrected chi connectivity index (χ0v) is 7.61. The highest BCUT2D eigenvalue weighted by atomic mass is 16.5. The van der Waals surface area contributed by atoms with Crippen LogP contribution < -0.4 is 0 Å². The van der Waals surface area contributed by atoms with Crippen molar-refractivity contribution in [3.05, 3.63) is 12.7 Å². The average molecular weight is 185 g/mol. The third kappa shape index (κ3) is 2.73. The van der Waals surface area contributed by atoms with E-state index in [1.807, 2.05) is 0 Å². The lowest BCUT2D eigenvalue weighted by atomic mass is 10.1. The van der Waals surface area contributed by atoms with Gasteiger partial charge in [0, 0.05) is 19.2 Å². The van der Waals surface area contributed by atoms with Crippen molar-refractivity contribution >= 4 is 6.09 Å². The van der Waals surface area contributed by atoms with Crippen LogP contribution in [0.2, 0.25) is 0 Å². The lowest BCUT2D eigenvalue weighted by Crippen LogP contribution is -2.39. The Morgan fingerprint density at radius 3 is 3.08 bits per heavy atom. The molecule has 4 heteroatoms. The molecule has 13 heavy (non-hydrogen) atoms. The number of hydrogen-bond donors (Lipinski definition) is 1. The molecule has 0 bridgehead atoms. The largest absolute Gasteiger partial charge is 0.465 e. The van der Waals surface area contributed by atoms with Crippen LogP contribution in [0.25, 0.3) is 0 Å². The van der Waals surface area contributed by atoms with Gasteiger partial charge in [-0.25, -0.2) is 4.79 Å². The van der Waals surface area contributed by atoms with E-state index in [1.54, 1.807) is 6.08 Å². The van der Waals surface area contributed by atoms with E-state index in [0.717, 1.165) is 6.42 Å². The SMILES string of the molecule is C=CCC1CCOCCN1C(=O)O. The smallest absolute Gasteiger partial charge is 0.407 e. The number of carboxylic acid groups (broad SMARTS) is 1. The van der Waals surface area contributed by atoms with Crippen LogP contribution in [0.5, 0.6) is 0 Å². The molecular weight excluding hydrogens is 170 g/mol. The van der Waals surface area contributed by atoms with Gasteiger partial charge in [0.2, 0.25) is 0 Å². The molecule has 1 amide bonds. The van der Waals surface area contributed by atoms with Gasteiger partial charge in [-0.2, -0.15) is 0 Å². The minimum absolute atomic E-state index is 0.0394. The first-order chi connectivity index (χ1) is 6.25. The third-order valence-corrected chi connectivity index (χ3v) is 2.20. The maximum Gasteiger partial charge on any atom is 0.407 e. The van der Waals surface area contributed by atoms with Crippen LogP contribution in [0, 0.1) is 0 Å². The third-order valence-electron chi connectivity index (χ3n) is 2.20. The number of hydrogen-bond acceptors (Lipinski definition) is 2. The van der Waals surface area contributed by atoms with Crippen LogP contribution in [-0.4, -0.2) is 41.9 Å². The van der Waals surface area contributed by atoms with Crippen LogP contribution >= 0.6 is 0 Å². The van der Waals surface area contributed by atoms with Gasteiger partial charge in [0.25, 0.3) is 0 Å². The molecule has 1 heterocycles. The Kier molecular flexibility index (Phi) is 3.76. The fraction of sp³-hybridized carbons (Fsp3) is 0.667. The zero-order chi connectivity index (χ0) is 9.68. The molecule has 0 radical (unpaired) electrons. The van der Waals surface area contributed by atoms with E-state index in [0.29, 0.717) is 26.2 Å². The normalized spacial score (nSPS) is 23.7. The first kappa shape index (κ1) is 10.1. The molecule has 1 aliphatic rings. The second kappa shape index (κ2) is 4.87. The number of ether oxygens (including phenoxy) is 1. The zero-order valence-electron chi connectivity index (χ0n) is 7.61. The van der Waals surface area contributed by atoms with Crippen LogP contribution in [0.1, 0.15) is 12.8 Å². The lowest BCUT2D eigenvalue weighted by Gasteiger charge is -2.25. The summed E-state index contributed by atoms with van der Waals surface area (Å²) in [6.45, 7) is 5.23. The van der Waals surface area contributed by atoms with Gasteiger partial charge in [-0.3, -0.25) is 0 Å². The van der Waals surface area contributed by atoms with Crippen molar-refractivity contribution in [2.24, 2.45) is 0 Å². The van der Waals surface area contributed by atoms with Gasteiger partial charge in [-0.05, 0) is 12.8 Å². The Labute approximate surface area is 77.8 Å². The van der Waals surface area contributed by atoms with Crippen LogP contribution in [0.15, 0.2) is 12.7 Å². The summed E-state index contributed by atoms with van der Waals surface area (Å²) in [5, 5.41) is 8.90. The van der Waals surface area contributed by atoms with E-state index < -0.39 is 6.09 Å². The summed E-state index contributed by atoms with van der Waals surface area (Å²) in [5.41, 5.74) is 0. The summed E-state index contributed by atoms with van der Waals surface area (Å²) in [4.78, 5) is 12.3. The molecule has 74 valence electrons. The predicted octanol–water partition coefficient (Wildman–Crippen LogP) is 1.33. The molecule has 1 rings (SSSR count). The molecular formula is C9H15NO3. The van der Waals surface area contributed by atoms with Gasteiger partial charge < -0.3 is 14.7 Å². The minimum atomic E-state index is -0.864. The van der Waals surface area contributed by atoms with E-state index in [9.17, 15) is 4.79 Å². The molecule has 1 fully saturated rings. The lowest BCUT2D eigenvalue weighted by molar-refractivity contribution is 0.118. The van der Waals surface area contributed by atoms with E-state index in [1.165, 1.54) is 4.90 Å². The number of amides is 1. The molecule has 0 aromatic rings. The topological polar surface area (TPSA) is 49.8 Å². The fourth-order valence-electron chi connectivity index (χ4n) is 1.51. The monoisotopic (exact) mass is 185 g/mol. The van der Waals surface area contributed by atoms with Gasteiger partial charge >= 0.3 is 6.09 Å². The maximum absolute atomic E-state index is 10.8. The van der Waals surface area contributed by atoms with E-state index in [2.05, 4.69) is 6.58 Å². The highest BCUT2D eigenvalue weighted by molar-refractivity contribution is 5.65. The Morgan fingerprint density at radius 2 is 2.46 bits per heavy atom. The molecule has 0 aromatic heterocycles. The summed E-state index contributed by atoms with van der Waals surface area (Å²) in [5.74, 6) is 0. The van der Waals surface area contributed by atoms with Gasteiger partial charge in [-0.1, -0.05) is 6.08 Å². The standard InChI is InChI=1S/C9H15NO3/c1-2-3-8-4-6-13-7-5-10(8)9(11)12/h2,8H,1,3-7H2,(H,11,12). The fourth-order valence-corrected chi connectivity index (χ4v) is 1.51. The number of nitrogens with zero attached hydrogens (tertiary/aromatic N) is 1. The first-order valence-electron chi connectivity index (χ1n) is 4.44. The molecule has 0 aliphatic carbocycles. The Bertz CT molecular complexity index is 193. The van der Waals surface area contributed by atoms with E-state index >= 15 is 0 Å². The molecule has 1 N–H and O–H groups in total. The second-order valence-electron chi connectivity index (χ2n) is 3.06. The van der Waals surface area contributed by atoms with Crippen molar-refractivity contribution in [2.75, 3.05) is 19.8 Å². The maximum atomic E-state index is 10.8. The number of carbonyl (C=O) groups is 1. The van der Waals surface area contributed by atoms with Crippen molar-refractivity contribution in [1.82, 2.24) is 4.90 Å². The predicted molar refractivity (Wildman–Crippen MR) is 48.8 cm³/mol. The quantitative estimate of drug-likeness (QED) is 0.660. The van der Waals surface area contributed by atoms with Gasteiger partial charge in [0.1, 0.15) is 0 Å². The summed E-state index contributed by atoms with van der Waals surface area (Å²) < 4.78 is 5.21. The molecule has 1 unspecified atom stereocenters. The van der Waals surface area contributed by atoms with E-state index in [-0.39, 0.29) is 6.04 Å².